The average Bonchev–Trinajstić information content (AvgIpc) is 2.84. The monoisotopic (exact) mass is 452 g/mol. The second kappa shape index (κ2) is 7.79. The van der Waals surface area contributed by atoms with Crippen molar-refractivity contribution in [1.29, 1.82) is 0 Å². The summed E-state index contributed by atoms with van der Waals surface area (Å²) in [7, 11) is 2.78. The van der Waals surface area contributed by atoms with Crippen molar-refractivity contribution in [2.24, 2.45) is 0 Å². The Morgan fingerprint density at radius 2 is 1.64 bits per heavy atom. The SMILES string of the molecule is COc1cc([C@@H]2Oc3c(O)cc4c(=O)c5ccccc5oc4c3O[C@H]2CO)cc(OC)c1O. The first-order valence-electron chi connectivity index (χ1n) is 10.1. The molecule has 3 N–H and O–H groups in total. The quantitative estimate of drug-likeness (QED) is 0.400. The van der Waals surface area contributed by atoms with E-state index in [0.29, 0.717) is 16.5 Å². The summed E-state index contributed by atoms with van der Waals surface area (Å²) in [6.45, 7) is -0.454. The van der Waals surface area contributed by atoms with Crippen LogP contribution < -0.4 is 24.4 Å². The lowest BCUT2D eigenvalue weighted by atomic mass is 10.0. The fourth-order valence-corrected chi connectivity index (χ4v) is 4.01. The molecule has 1 aliphatic heterocycles. The number of phenolic OH excluding ortho intramolecular Hbond substituents is 2. The van der Waals surface area contributed by atoms with Gasteiger partial charge in [0.25, 0.3) is 0 Å². The van der Waals surface area contributed by atoms with Gasteiger partial charge in [-0.15, -0.1) is 0 Å². The summed E-state index contributed by atoms with van der Waals surface area (Å²) in [5.74, 6) is -0.267. The number of phenols is 2. The molecule has 0 amide bonds. The second-order valence-electron chi connectivity index (χ2n) is 7.51. The van der Waals surface area contributed by atoms with Gasteiger partial charge in [-0.05, 0) is 30.3 Å². The number of rotatable bonds is 4. The zero-order chi connectivity index (χ0) is 23.3. The number of aliphatic hydroxyl groups excluding tert-OH is 1. The molecule has 5 rings (SSSR count). The van der Waals surface area contributed by atoms with Crippen LogP contribution in [0, 0.1) is 0 Å². The first-order valence-corrected chi connectivity index (χ1v) is 10.1. The number of ether oxygens (including phenoxy) is 4. The van der Waals surface area contributed by atoms with E-state index in [1.165, 1.54) is 32.4 Å². The largest absolute Gasteiger partial charge is 0.504 e. The first kappa shape index (κ1) is 20.8. The minimum atomic E-state index is -0.932. The summed E-state index contributed by atoms with van der Waals surface area (Å²) in [5.41, 5.74) is 0.585. The van der Waals surface area contributed by atoms with Crippen LogP contribution in [-0.4, -0.2) is 42.3 Å². The lowest BCUT2D eigenvalue weighted by molar-refractivity contribution is -0.0135. The summed E-state index contributed by atoms with van der Waals surface area (Å²) in [6.07, 6.45) is -1.83. The smallest absolute Gasteiger partial charge is 0.209 e. The molecule has 2 atom stereocenters. The molecule has 0 fully saturated rings. The van der Waals surface area contributed by atoms with Crippen molar-refractivity contribution in [3.05, 3.63) is 58.3 Å². The summed E-state index contributed by atoms with van der Waals surface area (Å²) >= 11 is 0. The molecule has 9 nitrogen and oxygen atoms in total. The van der Waals surface area contributed by atoms with E-state index in [-0.39, 0.29) is 50.9 Å². The minimum Gasteiger partial charge on any atom is -0.504 e. The molecular weight excluding hydrogens is 432 g/mol. The van der Waals surface area contributed by atoms with Gasteiger partial charge in [0.15, 0.2) is 35.0 Å². The van der Waals surface area contributed by atoms with Crippen LogP contribution in [0.2, 0.25) is 0 Å². The third-order valence-electron chi connectivity index (χ3n) is 5.62. The molecule has 170 valence electrons. The van der Waals surface area contributed by atoms with Gasteiger partial charge in [0.05, 0.1) is 31.6 Å². The molecular formula is C24H20O9. The Morgan fingerprint density at radius 1 is 0.939 bits per heavy atom. The maximum atomic E-state index is 13.0. The van der Waals surface area contributed by atoms with E-state index in [0.717, 1.165) is 0 Å². The van der Waals surface area contributed by atoms with Gasteiger partial charge in [-0.2, -0.15) is 0 Å². The predicted octanol–water partition coefficient (Wildman–Crippen LogP) is 3.25. The van der Waals surface area contributed by atoms with E-state index in [4.69, 9.17) is 23.4 Å². The zero-order valence-corrected chi connectivity index (χ0v) is 17.7. The minimum absolute atomic E-state index is 0.0147. The summed E-state index contributed by atoms with van der Waals surface area (Å²) in [6, 6.07) is 11.0. The molecule has 4 aromatic rings. The average molecular weight is 452 g/mol. The van der Waals surface area contributed by atoms with Crippen molar-refractivity contribution in [2.75, 3.05) is 20.8 Å². The molecule has 0 bridgehead atoms. The van der Waals surface area contributed by atoms with Crippen molar-refractivity contribution in [2.45, 2.75) is 12.2 Å². The standard InChI is InChI=1S/C24H20O9/c1-29-16-7-11(8-17(30-2)20(16)28)21-18(10-25)32-24-22-13(9-14(26)23(24)33-21)19(27)12-5-3-4-6-15(12)31-22/h3-9,18,21,25-26,28H,10H2,1-2H3/t18-,21-/m0/s1. The topological polar surface area (TPSA) is 128 Å². The molecule has 2 heterocycles. The highest BCUT2D eigenvalue weighted by Gasteiger charge is 2.37. The van der Waals surface area contributed by atoms with Gasteiger partial charge in [-0.3, -0.25) is 4.79 Å². The molecule has 33 heavy (non-hydrogen) atoms. The second-order valence-corrected chi connectivity index (χ2v) is 7.51. The molecule has 0 aliphatic carbocycles. The van der Waals surface area contributed by atoms with E-state index in [1.54, 1.807) is 24.3 Å². The first-order chi connectivity index (χ1) is 16.0. The van der Waals surface area contributed by atoms with Crippen LogP contribution in [0.25, 0.3) is 21.9 Å². The number of hydrogen-bond donors (Lipinski definition) is 3. The molecule has 0 saturated heterocycles. The molecule has 9 heteroatoms. The van der Waals surface area contributed by atoms with Crippen LogP contribution in [0.15, 0.2) is 51.7 Å². The summed E-state index contributed by atoms with van der Waals surface area (Å²) < 4.78 is 28.4. The Balaban J connectivity index is 1.70. The van der Waals surface area contributed by atoms with Crippen LogP contribution >= 0.6 is 0 Å². The number of para-hydroxylation sites is 1. The summed E-state index contributed by atoms with van der Waals surface area (Å²) in [4.78, 5) is 13.0. The van der Waals surface area contributed by atoms with Gasteiger partial charge >= 0.3 is 0 Å². The maximum absolute atomic E-state index is 13.0. The predicted molar refractivity (Wildman–Crippen MR) is 118 cm³/mol. The number of aliphatic hydroxyl groups is 1. The molecule has 0 spiro atoms. The van der Waals surface area contributed by atoms with Gasteiger partial charge in [0.2, 0.25) is 22.7 Å². The van der Waals surface area contributed by atoms with Crippen LogP contribution in [0.4, 0.5) is 0 Å². The van der Waals surface area contributed by atoms with Crippen molar-refractivity contribution >= 4 is 21.9 Å². The Labute approximate surface area is 186 Å². The third kappa shape index (κ3) is 3.16. The highest BCUT2D eigenvalue weighted by Crippen LogP contribution is 2.50. The van der Waals surface area contributed by atoms with E-state index >= 15 is 0 Å². The lowest BCUT2D eigenvalue weighted by Gasteiger charge is -2.34. The molecule has 3 aromatic carbocycles. The Morgan fingerprint density at radius 3 is 2.30 bits per heavy atom. The highest BCUT2D eigenvalue weighted by molar-refractivity contribution is 5.95. The van der Waals surface area contributed by atoms with Gasteiger partial charge in [-0.25, -0.2) is 0 Å². The number of hydrogen-bond acceptors (Lipinski definition) is 9. The van der Waals surface area contributed by atoms with E-state index in [1.807, 2.05) is 0 Å². The van der Waals surface area contributed by atoms with Crippen LogP contribution in [-0.2, 0) is 0 Å². The van der Waals surface area contributed by atoms with Gasteiger partial charge in [-0.1, -0.05) is 12.1 Å². The lowest BCUT2D eigenvalue weighted by Crippen LogP contribution is -2.36. The van der Waals surface area contributed by atoms with Crippen molar-refractivity contribution in [1.82, 2.24) is 0 Å². The molecule has 0 saturated carbocycles. The highest BCUT2D eigenvalue weighted by atomic mass is 16.6. The normalized spacial score (nSPS) is 17.3. The van der Waals surface area contributed by atoms with Crippen LogP contribution in [0.1, 0.15) is 11.7 Å². The van der Waals surface area contributed by atoms with Gasteiger partial charge < -0.3 is 38.7 Å². The van der Waals surface area contributed by atoms with E-state index in [2.05, 4.69) is 0 Å². The molecule has 0 unspecified atom stereocenters. The number of aromatic hydroxyl groups is 2. The van der Waals surface area contributed by atoms with Crippen LogP contribution in [0.5, 0.6) is 34.5 Å². The zero-order valence-electron chi connectivity index (χ0n) is 17.7. The Bertz CT molecular complexity index is 1410. The number of benzene rings is 3. The molecule has 0 radical (unpaired) electrons. The van der Waals surface area contributed by atoms with E-state index in [9.17, 15) is 20.1 Å². The Kier molecular flexibility index (Phi) is 4.90. The van der Waals surface area contributed by atoms with Crippen LogP contribution in [0.3, 0.4) is 0 Å². The van der Waals surface area contributed by atoms with E-state index < -0.39 is 18.8 Å². The van der Waals surface area contributed by atoms with Crippen molar-refractivity contribution in [3.8, 4) is 34.5 Å². The maximum Gasteiger partial charge on any atom is 0.209 e. The fraction of sp³-hybridized carbons (Fsp3) is 0.208. The third-order valence-corrected chi connectivity index (χ3v) is 5.62. The Hall–Kier alpha value is -4.11. The fourth-order valence-electron chi connectivity index (χ4n) is 4.01. The van der Waals surface area contributed by atoms with Crippen molar-refractivity contribution < 1.29 is 38.7 Å². The van der Waals surface area contributed by atoms with Gasteiger partial charge in [0.1, 0.15) is 5.58 Å². The van der Waals surface area contributed by atoms with Crippen molar-refractivity contribution in [3.63, 3.8) is 0 Å². The number of methoxy groups -OCH3 is 2. The number of fused-ring (bicyclic) bond motifs is 4. The molecule has 1 aliphatic rings. The molecule has 1 aromatic heterocycles. The summed E-state index contributed by atoms with van der Waals surface area (Å²) in [5, 5.41) is 31.4. The van der Waals surface area contributed by atoms with Gasteiger partial charge in [0, 0.05) is 5.56 Å².